The van der Waals surface area contributed by atoms with Gasteiger partial charge in [-0.25, -0.2) is 9.98 Å². The zero-order valence-electron chi connectivity index (χ0n) is 18.6. The molecule has 2 heterocycles. The predicted octanol–water partition coefficient (Wildman–Crippen LogP) is 3.34. The molecule has 0 aliphatic carbocycles. The van der Waals surface area contributed by atoms with Gasteiger partial charge in [0.2, 0.25) is 0 Å². The standard InChI is InChI=1S/C21H29N7OS.HI/c1-15-12-22-20(30-15)10-11-27(3)21(24-14-19-26-25-16(2)28(19)4)23-13-17-6-8-18(29-5)9-7-17;/h6-9,12H,10-11,13-14H2,1-5H3,(H,23,24);1H. The van der Waals surface area contributed by atoms with Gasteiger partial charge in [-0.3, -0.25) is 0 Å². The first-order valence-electron chi connectivity index (χ1n) is 9.85. The molecule has 0 amide bonds. The second kappa shape index (κ2) is 12.0. The summed E-state index contributed by atoms with van der Waals surface area (Å²) in [6, 6.07) is 7.97. The quantitative estimate of drug-likeness (QED) is 0.261. The van der Waals surface area contributed by atoms with Crippen LogP contribution in [0.3, 0.4) is 0 Å². The van der Waals surface area contributed by atoms with Crippen LogP contribution in [0.25, 0.3) is 0 Å². The molecule has 31 heavy (non-hydrogen) atoms. The van der Waals surface area contributed by atoms with Gasteiger partial charge in [0.15, 0.2) is 11.8 Å². The molecule has 0 aliphatic heterocycles. The molecule has 0 fully saturated rings. The molecule has 3 rings (SSSR count). The van der Waals surface area contributed by atoms with E-state index >= 15 is 0 Å². The number of rotatable bonds is 8. The first kappa shape index (κ1) is 25.1. The Morgan fingerprint density at radius 1 is 1.23 bits per heavy atom. The van der Waals surface area contributed by atoms with Crippen LogP contribution in [0.5, 0.6) is 5.75 Å². The summed E-state index contributed by atoms with van der Waals surface area (Å²) < 4.78 is 7.21. The number of ether oxygens (including phenoxy) is 1. The second-order valence-electron chi connectivity index (χ2n) is 7.10. The van der Waals surface area contributed by atoms with Crippen molar-refractivity contribution < 1.29 is 4.74 Å². The first-order valence-corrected chi connectivity index (χ1v) is 10.7. The molecule has 0 unspecified atom stereocenters. The van der Waals surface area contributed by atoms with Gasteiger partial charge in [-0.05, 0) is 31.5 Å². The van der Waals surface area contributed by atoms with Gasteiger partial charge in [0.1, 0.15) is 11.6 Å². The fourth-order valence-corrected chi connectivity index (χ4v) is 3.63. The molecule has 8 nitrogen and oxygen atoms in total. The minimum atomic E-state index is 0. The number of nitrogens with one attached hydrogen (secondary N) is 1. The van der Waals surface area contributed by atoms with Crippen molar-refractivity contribution >= 4 is 41.3 Å². The van der Waals surface area contributed by atoms with E-state index in [0.717, 1.165) is 46.9 Å². The number of aromatic nitrogens is 4. The summed E-state index contributed by atoms with van der Waals surface area (Å²) in [6.45, 7) is 5.97. The Kier molecular flexibility index (Phi) is 9.69. The van der Waals surface area contributed by atoms with Crippen molar-refractivity contribution in [1.29, 1.82) is 0 Å². The molecular weight excluding hydrogens is 525 g/mol. The van der Waals surface area contributed by atoms with Gasteiger partial charge in [0, 0.05) is 38.1 Å². The second-order valence-corrected chi connectivity index (χ2v) is 8.42. The number of hydrogen-bond donors (Lipinski definition) is 1. The molecule has 0 aliphatic rings. The molecule has 0 atom stereocenters. The molecule has 3 aromatic rings. The van der Waals surface area contributed by atoms with Crippen LogP contribution in [0.15, 0.2) is 35.5 Å². The number of thiazole rings is 1. The lowest BCUT2D eigenvalue weighted by Crippen LogP contribution is -2.40. The van der Waals surface area contributed by atoms with Crippen LogP contribution in [0.1, 0.15) is 27.1 Å². The minimum absolute atomic E-state index is 0. The molecule has 168 valence electrons. The summed E-state index contributed by atoms with van der Waals surface area (Å²) in [4.78, 5) is 12.7. The largest absolute Gasteiger partial charge is 0.497 e. The van der Waals surface area contributed by atoms with Crippen LogP contribution >= 0.6 is 35.3 Å². The van der Waals surface area contributed by atoms with Gasteiger partial charge in [-0.15, -0.1) is 45.5 Å². The summed E-state index contributed by atoms with van der Waals surface area (Å²) >= 11 is 1.74. The summed E-state index contributed by atoms with van der Waals surface area (Å²) in [6.07, 6.45) is 2.80. The normalized spacial score (nSPS) is 11.2. The molecule has 1 aromatic carbocycles. The van der Waals surface area contributed by atoms with E-state index in [1.54, 1.807) is 18.4 Å². The highest BCUT2D eigenvalue weighted by atomic mass is 127. The third kappa shape index (κ3) is 7.17. The van der Waals surface area contributed by atoms with Crippen molar-refractivity contribution in [2.24, 2.45) is 12.0 Å². The van der Waals surface area contributed by atoms with Gasteiger partial charge < -0.3 is 19.5 Å². The van der Waals surface area contributed by atoms with E-state index in [2.05, 4.69) is 32.3 Å². The van der Waals surface area contributed by atoms with Gasteiger partial charge >= 0.3 is 0 Å². The highest BCUT2D eigenvalue weighted by Crippen LogP contribution is 2.13. The average Bonchev–Trinajstić information content (AvgIpc) is 3.32. The van der Waals surface area contributed by atoms with E-state index < -0.39 is 0 Å². The van der Waals surface area contributed by atoms with Gasteiger partial charge in [-0.1, -0.05) is 12.1 Å². The van der Waals surface area contributed by atoms with Crippen LogP contribution in [0.2, 0.25) is 0 Å². The van der Waals surface area contributed by atoms with E-state index in [9.17, 15) is 0 Å². The molecule has 2 aromatic heterocycles. The van der Waals surface area contributed by atoms with E-state index in [4.69, 9.17) is 9.73 Å². The minimum Gasteiger partial charge on any atom is -0.497 e. The number of benzene rings is 1. The van der Waals surface area contributed by atoms with Crippen molar-refractivity contribution in [2.45, 2.75) is 33.4 Å². The van der Waals surface area contributed by atoms with Gasteiger partial charge in [0.25, 0.3) is 0 Å². The van der Waals surface area contributed by atoms with E-state index in [0.29, 0.717) is 13.1 Å². The molecule has 0 saturated carbocycles. The van der Waals surface area contributed by atoms with E-state index in [1.165, 1.54) is 4.88 Å². The third-order valence-electron chi connectivity index (χ3n) is 4.85. The van der Waals surface area contributed by atoms with Gasteiger partial charge in [0.05, 0.1) is 25.2 Å². The highest BCUT2D eigenvalue weighted by molar-refractivity contribution is 14.0. The lowest BCUT2D eigenvalue weighted by atomic mass is 10.2. The number of guanidine groups is 1. The SMILES string of the molecule is COc1ccc(CN=C(NCc2nnc(C)n2C)N(C)CCc2ncc(C)s2)cc1.I. The molecule has 0 saturated heterocycles. The zero-order valence-corrected chi connectivity index (χ0v) is 21.8. The smallest absolute Gasteiger partial charge is 0.194 e. The van der Waals surface area contributed by atoms with Crippen LogP contribution in [-0.2, 0) is 26.6 Å². The highest BCUT2D eigenvalue weighted by Gasteiger charge is 2.11. The summed E-state index contributed by atoms with van der Waals surface area (Å²) in [5.74, 6) is 3.42. The fourth-order valence-electron chi connectivity index (χ4n) is 2.86. The van der Waals surface area contributed by atoms with Gasteiger partial charge in [-0.2, -0.15) is 0 Å². The Morgan fingerprint density at radius 2 is 1.97 bits per heavy atom. The number of methoxy groups -OCH3 is 1. The Labute approximate surface area is 204 Å². The molecule has 0 spiro atoms. The lowest BCUT2D eigenvalue weighted by Gasteiger charge is -2.22. The first-order chi connectivity index (χ1) is 14.5. The van der Waals surface area contributed by atoms with Crippen molar-refractivity contribution in [3.63, 3.8) is 0 Å². The fraction of sp³-hybridized carbons (Fsp3) is 0.429. The topological polar surface area (TPSA) is 80.5 Å². The number of aryl methyl sites for hydroxylation is 2. The number of aliphatic imine (C=N–C) groups is 1. The van der Waals surface area contributed by atoms with E-state index in [1.807, 2.05) is 56.0 Å². The number of hydrogen-bond acceptors (Lipinski definition) is 6. The maximum atomic E-state index is 5.23. The zero-order chi connectivity index (χ0) is 21.5. The number of halogens is 1. The van der Waals surface area contributed by atoms with Crippen LogP contribution < -0.4 is 10.1 Å². The maximum absolute atomic E-state index is 5.23. The molecule has 0 bridgehead atoms. The van der Waals surface area contributed by atoms with Crippen molar-refractivity contribution in [2.75, 3.05) is 20.7 Å². The third-order valence-corrected chi connectivity index (χ3v) is 5.82. The molecule has 10 heteroatoms. The maximum Gasteiger partial charge on any atom is 0.194 e. The molecule has 0 radical (unpaired) electrons. The Bertz CT molecular complexity index is 984. The monoisotopic (exact) mass is 555 g/mol. The Morgan fingerprint density at radius 3 is 2.55 bits per heavy atom. The van der Waals surface area contributed by atoms with Crippen LogP contribution in [0.4, 0.5) is 0 Å². The average molecular weight is 555 g/mol. The van der Waals surface area contributed by atoms with Crippen molar-refractivity contribution in [3.8, 4) is 5.75 Å². The Balaban J connectivity index is 0.00000341. The lowest BCUT2D eigenvalue weighted by molar-refractivity contribution is 0.414. The Hall–Kier alpha value is -2.21. The van der Waals surface area contributed by atoms with Crippen LogP contribution in [-0.4, -0.2) is 51.3 Å². The number of nitrogens with zero attached hydrogens (tertiary/aromatic N) is 6. The predicted molar refractivity (Wildman–Crippen MR) is 135 cm³/mol. The summed E-state index contributed by atoms with van der Waals surface area (Å²) in [7, 11) is 5.68. The summed E-state index contributed by atoms with van der Waals surface area (Å²) in [5, 5.41) is 12.9. The molecule has 1 N–H and O–H groups in total. The van der Waals surface area contributed by atoms with Crippen molar-refractivity contribution in [3.05, 3.63) is 57.6 Å². The van der Waals surface area contributed by atoms with Crippen molar-refractivity contribution in [1.82, 2.24) is 30.0 Å². The molecular formula is C21H30IN7OS. The van der Waals surface area contributed by atoms with E-state index in [-0.39, 0.29) is 24.0 Å². The van der Waals surface area contributed by atoms with Crippen LogP contribution in [0, 0.1) is 13.8 Å². The number of likely N-dealkylation sites (N-methyl/N-ethyl adjacent to an activating group) is 1. The summed E-state index contributed by atoms with van der Waals surface area (Å²) in [5.41, 5.74) is 1.12.